The minimum absolute atomic E-state index is 0.0520. The lowest BCUT2D eigenvalue weighted by Gasteiger charge is -2.09. The van der Waals surface area contributed by atoms with Crippen LogP contribution in [0.1, 0.15) is 24.7 Å². The van der Waals surface area contributed by atoms with Gasteiger partial charge in [0.05, 0.1) is 28.3 Å². The zero-order valence-electron chi connectivity index (χ0n) is 15.0. The lowest BCUT2D eigenvalue weighted by atomic mass is 10.3. The Hall–Kier alpha value is -1.87. The summed E-state index contributed by atoms with van der Waals surface area (Å²) < 4.78 is 4.30. The molecule has 0 bridgehead atoms. The van der Waals surface area contributed by atoms with Gasteiger partial charge in [-0.05, 0) is 42.5 Å². The van der Waals surface area contributed by atoms with E-state index in [1.807, 2.05) is 28.8 Å². The first kappa shape index (κ1) is 18.2. The van der Waals surface area contributed by atoms with Crippen LogP contribution in [0, 0.1) is 0 Å². The van der Waals surface area contributed by atoms with Crippen molar-refractivity contribution in [2.45, 2.75) is 36.3 Å². The van der Waals surface area contributed by atoms with Crippen molar-refractivity contribution in [1.82, 2.24) is 24.3 Å². The number of hydrogen-bond donors (Lipinski definition) is 1. The maximum atomic E-state index is 9.50. The Morgan fingerprint density at radius 2 is 2.14 bits per heavy atom. The van der Waals surface area contributed by atoms with Crippen LogP contribution in [0.3, 0.4) is 0 Å². The summed E-state index contributed by atoms with van der Waals surface area (Å²) in [4.78, 5) is 5.90. The summed E-state index contributed by atoms with van der Waals surface area (Å²) in [6, 6.07) is 10.3. The number of hydrogen-bond acceptors (Lipinski definition) is 6. The van der Waals surface area contributed by atoms with Gasteiger partial charge in [-0.25, -0.2) is 4.98 Å². The summed E-state index contributed by atoms with van der Waals surface area (Å²) in [7, 11) is 0. The zero-order valence-corrected chi connectivity index (χ0v) is 17.3. The fourth-order valence-electron chi connectivity index (χ4n) is 3.35. The summed E-state index contributed by atoms with van der Waals surface area (Å²) in [5, 5.41) is 22.1. The molecule has 1 aliphatic rings. The summed E-state index contributed by atoms with van der Waals surface area (Å²) in [6.45, 7) is 0.541. The number of imidazole rings is 1. The Morgan fingerprint density at radius 3 is 2.89 bits per heavy atom. The second-order valence-corrected chi connectivity index (χ2v) is 9.04. The molecule has 4 aromatic rings. The quantitative estimate of drug-likeness (QED) is 0.432. The third-order valence-corrected chi connectivity index (χ3v) is 6.80. The molecule has 0 amide bonds. The van der Waals surface area contributed by atoms with Gasteiger partial charge in [-0.2, -0.15) is 0 Å². The summed E-state index contributed by atoms with van der Waals surface area (Å²) in [5.74, 6) is 2.51. The lowest BCUT2D eigenvalue weighted by Crippen LogP contribution is -2.06. The van der Waals surface area contributed by atoms with Gasteiger partial charge >= 0.3 is 0 Å². The third kappa shape index (κ3) is 3.34. The van der Waals surface area contributed by atoms with Crippen molar-refractivity contribution < 1.29 is 5.11 Å². The third-order valence-electron chi connectivity index (χ3n) is 4.76. The van der Waals surface area contributed by atoms with E-state index in [-0.39, 0.29) is 6.61 Å². The number of nitrogens with zero attached hydrogens (tertiary/aromatic N) is 5. The van der Waals surface area contributed by atoms with Gasteiger partial charge in [-0.1, -0.05) is 29.4 Å². The standard InChI is InChI=1S/C19H18ClN5OS2/c20-12-3-6-14-15(10-12)24(7-8-26)17(21-14)11-28-19-23-22-18(16-2-1-9-27-16)25(19)13-4-5-13/h1-3,6,9-10,13,26H,4-5,7-8,11H2. The van der Waals surface area contributed by atoms with E-state index in [9.17, 15) is 5.11 Å². The molecular weight excluding hydrogens is 414 g/mol. The van der Waals surface area contributed by atoms with Gasteiger partial charge in [0.1, 0.15) is 5.82 Å². The van der Waals surface area contributed by atoms with Crippen LogP contribution in [0.15, 0.2) is 40.9 Å². The van der Waals surface area contributed by atoms with Crippen molar-refractivity contribution in [1.29, 1.82) is 0 Å². The highest BCUT2D eigenvalue weighted by molar-refractivity contribution is 7.98. The van der Waals surface area contributed by atoms with E-state index in [2.05, 4.69) is 26.2 Å². The van der Waals surface area contributed by atoms with Crippen LogP contribution in [0.25, 0.3) is 21.7 Å². The fraction of sp³-hybridized carbons (Fsp3) is 0.316. The molecular formula is C19H18ClN5OS2. The number of aliphatic hydroxyl groups is 1. The number of benzene rings is 1. The predicted octanol–water partition coefficient (Wildman–Crippen LogP) is 4.63. The molecule has 0 atom stereocenters. The number of aliphatic hydroxyl groups excluding tert-OH is 1. The van der Waals surface area contributed by atoms with Crippen LogP contribution >= 0.6 is 34.7 Å². The highest BCUT2D eigenvalue weighted by atomic mass is 35.5. The zero-order chi connectivity index (χ0) is 19.1. The van der Waals surface area contributed by atoms with Crippen LogP contribution in [-0.4, -0.2) is 36.0 Å². The second-order valence-electron chi connectivity index (χ2n) is 6.71. The van der Waals surface area contributed by atoms with Gasteiger partial charge in [0.15, 0.2) is 11.0 Å². The van der Waals surface area contributed by atoms with Crippen molar-refractivity contribution in [3.05, 3.63) is 46.6 Å². The monoisotopic (exact) mass is 431 g/mol. The summed E-state index contributed by atoms with van der Waals surface area (Å²) in [5.41, 5.74) is 1.83. The van der Waals surface area contributed by atoms with Crippen molar-refractivity contribution in [3.63, 3.8) is 0 Å². The Kier molecular flexibility index (Phi) is 4.88. The summed E-state index contributed by atoms with van der Waals surface area (Å²) >= 11 is 9.49. The van der Waals surface area contributed by atoms with Crippen molar-refractivity contribution >= 4 is 45.7 Å². The van der Waals surface area contributed by atoms with Crippen LogP contribution in [0.4, 0.5) is 0 Å². The molecule has 9 heteroatoms. The van der Waals surface area contributed by atoms with Crippen LogP contribution in [0.5, 0.6) is 0 Å². The first-order valence-electron chi connectivity index (χ1n) is 9.11. The molecule has 0 saturated heterocycles. The second kappa shape index (κ2) is 7.51. The molecule has 0 unspecified atom stereocenters. The van der Waals surface area contributed by atoms with Crippen molar-refractivity contribution in [3.8, 4) is 10.7 Å². The molecule has 1 aliphatic carbocycles. The largest absolute Gasteiger partial charge is 0.395 e. The molecule has 3 aromatic heterocycles. The number of thiophene rings is 1. The first-order chi connectivity index (χ1) is 13.7. The van der Waals surface area contributed by atoms with E-state index >= 15 is 0 Å². The molecule has 28 heavy (non-hydrogen) atoms. The van der Waals surface area contributed by atoms with Gasteiger partial charge in [0.25, 0.3) is 0 Å². The Morgan fingerprint density at radius 1 is 1.25 bits per heavy atom. The van der Waals surface area contributed by atoms with E-state index in [0.29, 0.717) is 23.4 Å². The molecule has 0 aliphatic heterocycles. The van der Waals surface area contributed by atoms with E-state index in [4.69, 9.17) is 16.6 Å². The van der Waals surface area contributed by atoms with Gasteiger partial charge < -0.3 is 9.67 Å². The molecule has 3 heterocycles. The Labute approximate surface area is 175 Å². The van der Waals surface area contributed by atoms with E-state index in [0.717, 1.165) is 32.7 Å². The average Bonchev–Trinajstić information content (AvgIpc) is 3.10. The molecule has 1 saturated carbocycles. The highest BCUT2D eigenvalue weighted by Crippen LogP contribution is 2.42. The Bertz CT molecular complexity index is 1120. The molecule has 144 valence electrons. The summed E-state index contributed by atoms with van der Waals surface area (Å²) in [6.07, 6.45) is 2.34. The van der Waals surface area contributed by atoms with Gasteiger partial charge in [-0.15, -0.1) is 21.5 Å². The topological polar surface area (TPSA) is 68.8 Å². The number of thioether (sulfide) groups is 1. The molecule has 5 rings (SSSR count). The van der Waals surface area contributed by atoms with Crippen LogP contribution in [0.2, 0.25) is 5.02 Å². The lowest BCUT2D eigenvalue weighted by molar-refractivity contribution is 0.276. The highest BCUT2D eigenvalue weighted by Gasteiger charge is 2.30. The predicted molar refractivity (Wildman–Crippen MR) is 113 cm³/mol. The van der Waals surface area contributed by atoms with Crippen LogP contribution in [-0.2, 0) is 12.3 Å². The Balaban J connectivity index is 1.46. The van der Waals surface area contributed by atoms with Gasteiger partial charge in [-0.3, -0.25) is 4.57 Å². The number of halogens is 1. The minimum Gasteiger partial charge on any atom is -0.395 e. The maximum absolute atomic E-state index is 9.50. The smallest absolute Gasteiger partial charge is 0.192 e. The number of aromatic nitrogens is 5. The van der Waals surface area contributed by atoms with E-state index in [1.165, 1.54) is 12.8 Å². The maximum Gasteiger partial charge on any atom is 0.192 e. The van der Waals surface area contributed by atoms with Crippen molar-refractivity contribution in [2.75, 3.05) is 6.61 Å². The van der Waals surface area contributed by atoms with Gasteiger partial charge in [0, 0.05) is 17.6 Å². The number of fused-ring (bicyclic) bond motifs is 1. The van der Waals surface area contributed by atoms with Crippen LogP contribution < -0.4 is 0 Å². The molecule has 1 aromatic carbocycles. The molecule has 6 nitrogen and oxygen atoms in total. The minimum atomic E-state index is 0.0520. The molecule has 0 radical (unpaired) electrons. The van der Waals surface area contributed by atoms with E-state index in [1.54, 1.807) is 23.1 Å². The fourth-order valence-corrected chi connectivity index (χ4v) is 5.17. The molecule has 1 N–H and O–H groups in total. The van der Waals surface area contributed by atoms with Crippen molar-refractivity contribution in [2.24, 2.45) is 0 Å². The first-order valence-corrected chi connectivity index (χ1v) is 11.4. The normalized spacial score (nSPS) is 14.2. The molecule has 1 fully saturated rings. The average molecular weight is 432 g/mol. The SMILES string of the molecule is OCCn1c(CSc2nnc(-c3cccs3)n2C2CC2)nc2ccc(Cl)cc21. The number of rotatable bonds is 7. The van der Waals surface area contributed by atoms with Gasteiger partial charge in [0.2, 0.25) is 0 Å². The molecule has 0 spiro atoms. The van der Waals surface area contributed by atoms with E-state index < -0.39 is 0 Å².